The number of hydrogen-bond donors (Lipinski definition) is 1. The van der Waals surface area contributed by atoms with Crippen LogP contribution in [0.15, 0.2) is 83.8 Å². The first kappa shape index (κ1) is 26.4. The summed E-state index contributed by atoms with van der Waals surface area (Å²) in [4.78, 5) is 27.3. The normalized spacial score (nSPS) is 16.9. The monoisotopic (exact) mass is 502 g/mol. The van der Waals surface area contributed by atoms with Crippen LogP contribution in [-0.4, -0.2) is 47.3 Å². The SMILES string of the molecule is COc1cccn(-c2ccc([C@@H](OC)[C@H](C)/C=C/CC(=O)N3Cc4ccccc4C[C@H]3CO)cc2)c1=O. The van der Waals surface area contributed by atoms with Gasteiger partial charge >= 0.3 is 0 Å². The minimum absolute atomic E-state index is 0.000876. The van der Waals surface area contributed by atoms with Crippen molar-refractivity contribution in [2.75, 3.05) is 20.8 Å². The van der Waals surface area contributed by atoms with Crippen LogP contribution < -0.4 is 10.3 Å². The van der Waals surface area contributed by atoms with E-state index in [0.29, 0.717) is 13.0 Å². The Hall–Kier alpha value is -3.68. The van der Waals surface area contributed by atoms with Gasteiger partial charge in [0.2, 0.25) is 5.91 Å². The molecule has 2 aromatic carbocycles. The van der Waals surface area contributed by atoms with Crippen LogP contribution in [0.1, 0.15) is 36.1 Å². The molecule has 7 nitrogen and oxygen atoms in total. The van der Waals surface area contributed by atoms with Crippen molar-refractivity contribution in [1.82, 2.24) is 9.47 Å². The number of nitrogens with zero attached hydrogens (tertiary/aromatic N) is 2. The summed E-state index contributed by atoms with van der Waals surface area (Å²) >= 11 is 0. The number of methoxy groups -OCH3 is 2. The van der Waals surface area contributed by atoms with Crippen LogP contribution in [0.25, 0.3) is 5.69 Å². The Kier molecular flexibility index (Phi) is 8.58. The number of fused-ring (bicyclic) bond motifs is 1. The molecule has 3 aromatic rings. The number of carbonyl (C=O) groups excluding carboxylic acids is 1. The molecule has 0 aliphatic carbocycles. The zero-order valence-electron chi connectivity index (χ0n) is 21.5. The van der Waals surface area contributed by atoms with Gasteiger partial charge in [0.25, 0.3) is 5.56 Å². The predicted octanol–water partition coefficient (Wildman–Crippen LogP) is 4.06. The molecule has 3 atom stereocenters. The maximum absolute atomic E-state index is 13.0. The number of hydrogen-bond acceptors (Lipinski definition) is 5. The van der Waals surface area contributed by atoms with Crippen molar-refractivity contribution in [2.45, 2.75) is 38.5 Å². The number of rotatable bonds is 9. The highest BCUT2D eigenvalue weighted by Gasteiger charge is 2.28. The number of benzene rings is 2. The van der Waals surface area contributed by atoms with E-state index in [9.17, 15) is 14.7 Å². The fraction of sp³-hybridized carbons (Fsp3) is 0.333. The third kappa shape index (κ3) is 5.84. The quantitative estimate of drug-likeness (QED) is 0.447. The topological polar surface area (TPSA) is 81.0 Å². The third-order valence-corrected chi connectivity index (χ3v) is 6.98. The molecule has 1 amide bonds. The minimum atomic E-state index is -0.220. The maximum Gasteiger partial charge on any atom is 0.297 e. The van der Waals surface area contributed by atoms with Gasteiger partial charge in [-0.05, 0) is 47.4 Å². The summed E-state index contributed by atoms with van der Waals surface area (Å²) in [6.45, 7) is 2.51. The summed E-state index contributed by atoms with van der Waals surface area (Å²) in [6.07, 6.45) is 6.31. The van der Waals surface area contributed by atoms with Gasteiger partial charge in [0.15, 0.2) is 5.75 Å². The first-order valence-corrected chi connectivity index (χ1v) is 12.5. The molecule has 0 fully saturated rings. The number of ether oxygens (including phenoxy) is 2. The van der Waals surface area contributed by atoms with Crippen LogP contribution in [0.3, 0.4) is 0 Å². The van der Waals surface area contributed by atoms with Gasteiger partial charge in [0.05, 0.1) is 25.9 Å². The Morgan fingerprint density at radius 2 is 1.81 bits per heavy atom. The van der Waals surface area contributed by atoms with Crippen molar-refractivity contribution >= 4 is 5.91 Å². The van der Waals surface area contributed by atoms with Crippen LogP contribution in [-0.2, 0) is 22.5 Å². The molecule has 0 unspecified atom stereocenters. The molecule has 1 aliphatic heterocycles. The van der Waals surface area contributed by atoms with E-state index in [0.717, 1.165) is 16.8 Å². The highest BCUT2D eigenvalue weighted by Crippen LogP contribution is 2.28. The highest BCUT2D eigenvalue weighted by atomic mass is 16.5. The fourth-order valence-electron chi connectivity index (χ4n) is 4.96. The Balaban J connectivity index is 1.41. The molecular formula is C30H34N2O5. The molecule has 0 radical (unpaired) electrons. The van der Waals surface area contributed by atoms with Crippen molar-refractivity contribution in [3.63, 3.8) is 0 Å². The predicted molar refractivity (Wildman–Crippen MR) is 143 cm³/mol. The fourth-order valence-corrected chi connectivity index (χ4v) is 4.96. The van der Waals surface area contributed by atoms with Crippen molar-refractivity contribution in [3.05, 3.63) is 106 Å². The minimum Gasteiger partial charge on any atom is -0.491 e. The number of amides is 1. The lowest BCUT2D eigenvalue weighted by atomic mass is 9.93. The summed E-state index contributed by atoms with van der Waals surface area (Å²) < 4.78 is 12.5. The molecule has 0 spiro atoms. The summed E-state index contributed by atoms with van der Waals surface area (Å²) in [6, 6.07) is 18.9. The van der Waals surface area contributed by atoms with E-state index >= 15 is 0 Å². The average molecular weight is 503 g/mol. The summed E-state index contributed by atoms with van der Waals surface area (Å²) in [5, 5.41) is 9.86. The molecule has 1 aromatic heterocycles. The van der Waals surface area contributed by atoms with Crippen molar-refractivity contribution in [3.8, 4) is 11.4 Å². The largest absolute Gasteiger partial charge is 0.491 e. The number of aliphatic hydroxyl groups excluding tert-OH is 1. The summed E-state index contributed by atoms with van der Waals surface area (Å²) in [5.41, 5.74) is 3.82. The number of carbonyl (C=O) groups is 1. The molecule has 2 heterocycles. The summed E-state index contributed by atoms with van der Waals surface area (Å²) in [5.74, 6) is 0.298. The van der Waals surface area contributed by atoms with E-state index < -0.39 is 0 Å². The van der Waals surface area contributed by atoms with E-state index in [4.69, 9.17) is 9.47 Å². The lowest BCUT2D eigenvalue weighted by molar-refractivity contribution is -0.134. The van der Waals surface area contributed by atoms with Crippen molar-refractivity contribution in [2.24, 2.45) is 5.92 Å². The second kappa shape index (κ2) is 12.0. The maximum atomic E-state index is 13.0. The van der Waals surface area contributed by atoms with Gasteiger partial charge in [-0.3, -0.25) is 14.2 Å². The van der Waals surface area contributed by atoms with Gasteiger partial charge in [0.1, 0.15) is 0 Å². The Bertz CT molecular complexity index is 1300. The first-order chi connectivity index (χ1) is 18.0. The van der Waals surface area contributed by atoms with Crippen LogP contribution in [0.2, 0.25) is 0 Å². The van der Waals surface area contributed by atoms with E-state index in [1.54, 1.807) is 30.3 Å². The van der Waals surface area contributed by atoms with Crippen LogP contribution >= 0.6 is 0 Å². The molecule has 1 N–H and O–H groups in total. The standard InChI is InChI=1S/C30H34N2O5/c1-21(8-6-12-28(34)32-19-24-10-5-4-9-23(24)18-26(32)20-33)29(37-3)22-13-15-25(16-14-22)31-17-7-11-27(36-2)30(31)35/h4-11,13-17,21,26,29,33H,12,18-20H2,1-3H3/b8-6+/t21-,26+,29+/m1/s1. The molecule has 0 bridgehead atoms. The number of aromatic nitrogens is 1. The van der Waals surface area contributed by atoms with Gasteiger partial charge in [-0.15, -0.1) is 0 Å². The zero-order chi connectivity index (χ0) is 26.4. The molecule has 4 rings (SSSR count). The first-order valence-electron chi connectivity index (χ1n) is 12.5. The van der Waals surface area contributed by atoms with Crippen LogP contribution in [0.4, 0.5) is 0 Å². The van der Waals surface area contributed by atoms with Crippen molar-refractivity contribution < 1.29 is 19.4 Å². The number of pyridine rings is 1. The highest BCUT2D eigenvalue weighted by molar-refractivity contribution is 5.78. The molecule has 0 saturated heterocycles. The zero-order valence-corrected chi connectivity index (χ0v) is 21.5. The second-order valence-corrected chi connectivity index (χ2v) is 9.32. The molecule has 194 valence electrons. The van der Waals surface area contributed by atoms with Gasteiger partial charge in [0, 0.05) is 37.9 Å². The van der Waals surface area contributed by atoms with E-state index in [1.807, 2.05) is 61.5 Å². The summed E-state index contributed by atoms with van der Waals surface area (Å²) in [7, 11) is 3.14. The lowest BCUT2D eigenvalue weighted by Gasteiger charge is -2.36. The van der Waals surface area contributed by atoms with E-state index in [1.165, 1.54) is 17.2 Å². The van der Waals surface area contributed by atoms with Gasteiger partial charge in [-0.2, -0.15) is 0 Å². The average Bonchev–Trinajstić information content (AvgIpc) is 2.93. The van der Waals surface area contributed by atoms with E-state index in [-0.39, 0.29) is 48.3 Å². The van der Waals surface area contributed by atoms with Gasteiger partial charge < -0.3 is 19.5 Å². The lowest BCUT2D eigenvalue weighted by Crippen LogP contribution is -2.46. The Labute approximate surface area is 217 Å². The van der Waals surface area contributed by atoms with E-state index in [2.05, 4.69) is 6.07 Å². The van der Waals surface area contributed by atoms with Crippen LogP contribution in [0.5, 0.6) is 5.75 Å². The van der Waals surface area contributed by atoms with Crippen LogP contribution in [0, 0.1) is 5.92 Å². The van der Waals surface area contributed by atoms with Gasteiger partial charge in [-0.25, -0.2) is 0 Å². The van der Waals surface area contributed by atoms with Gasteiger partial charge in [-0.1, -0.05) is 55.5 Å². The smallest absolute Gasteiger partial charge is 0.297 e. The molecule has 1 aliphatic rings. The molecular weight excluding hydrogens is 468 g/mol. The second-order valence-electron chi connectivity index (χ2n) is 9.32. The molecule has 0 saturated carbocycles. The van der Waals surface area contributed by atoms with Crippen molar-refractivity contribution in [1.29, 1.82) is 0 Å². The Morgan fingerprint density at radius 1 is 1.08 bits per heavy atom. The molecule has 7 heteroatoms. The number of aliphatic hydroxyl groups is 1. The molecule has 37 heavy (non-hydrogen) atoms. The Morgan fingerprint density at radius 3 is 2.49 bits per heavy atom. The third-order valence-electron chi connectivity index (χ3n) is 6.98.